The van der Waals surface area contributed by atoms with Crippen LogP contribution in [-0.4, -0.2) is 12.3 Å². The predicted molar refractivity (Wildman–Crippen MR) is 56.1 cm³/mol. The first-order valence-corrected chi connectivity index (χ1v) is 5.26. The molecule has 0 aromatic heterocycles. The van der Waals surface area contributed by atoms with Gasteiger partial charge in [0.25, 0.3) is 0 Å². The van der Waals surface area contributed by atoms with E-state index in [-0.39, 0.29) is 0 Å². The summed E-state index contributed by atoms with van der Waals surface area (Å²) < 4.78 is 38.8. The molecular weight excluding hydrogens is 215 g/mol. The Morgan fingerprint density at radius 3 is 2.31 bits per heavy atom. The molecule has 0 N–H and O–H groups in total. The lowest BCUT2D eigenvalue weighted by Crippen LogP contribution is -2.15. The van der Waals surface area contributed by atoms with E-state index in [1.807, 2.05) is 0 Å². The van der Waals surface area contributed by atoms with Crippen LogP contribution in [0.4, 0.5) is 13.2 Å². The lowest BCUT2D eigenvalue weighted by atomic mass is 9.96. The molecule has 1 atom stereocenters. The largest absolute Gasteiger partial charge is 0.289 e. The van der Waals surface area contributed by atoms with Crippen LogP contribution in [0.3, 0.4) is 0 Å². The lowest BCUT2D eigenvalue weighted by Gasteiger charge is -2.17. The summed E-state index contributed by atoms with van der Waals surface area (Å²) in [6.45, 7) is 2.74. The summed E-state index contributed by atoms with van der Waals surface area (Å²) in [6.07, 6.45) is 1.63. The second-order valence-electron chi connectivity index (χ2n) is 4.19. The molecule has 0 fully saturated rings. The van der Waals surface area contributed by atoms with Gasteiger partial charge in [-0.2, -0.15) is 0 Å². The maximum Gasteiger partial charge on any atom is 0.194 e. The smallest absolute Gasteiger partial charge is 0.194 e. The number of nitrogens with zero attached hydrogens (tertiary/aromatic N) is 1. The summed E-state index contributed by atoms with van der Waals surface area (Å²) in [5, 5.41) is 0. The summed E-state index contributed by atoms with van der Waals surface area (Å²) in [7, 11) is 0. The molecule has 1 aromatic rings. The van der Waals surface area contributed by atoms with Crippen molar-refractivity contribution < 1.29 is 13.2 Å². The van der Waals surface area contributed by atoms with Crippen molar-refractivity contribution in [2.45, 2.75) is 19.8 Å². The molecule has 0 saturated carbocycles. The maximum absolute atomic E-state index is 13.0. The monoisotopic (exact) mass is 227 g/mol. The fraction of sp³-hybridized carbons (Fsp3) is 0.417. The van der Waals surface area contributed by atoms with E-state index in [4.69, 9.17) is 0 Å². The highest BCUT2D eigenvalue weighted by molar-refractivity contribution is 6.00. The van der Waals surface area contributed by atoms with E-state index in [0.29, 0.717) is 30.2 Å². The van der Waals surface area contributed by atoms with E-state index in [2.05, 4.69) is 11.9 Å². The fourth-order valence-electron chi connectivity index (χ4n) is 1.78. The molecule has 0 amide bonds. The highest BCUT2D eigenvalue weighted by Crippen LogP contribution is 2.20. The maximum atomic E-state index is 13.0. The Labute approximate surface area is 92.0 Å². The number of benzene rings is 1. The van der Waals surface area contributed by atoms with E-state index < -0.39 is 17.5 Å². The molecule has 4 heteroatoms. The van der Waals surface area contributed by atoms with Gasteiger partial charge in [-0.3, -0.25) is 4.99 Å². The molecule has 86 valence electrons. The zero-order chi connectivity index (χ0) is 11.7. The molecule has 1 heterocycles. The SMILES string of the molecule is CC1CCC(c2cc(F)c(F)c(F)c2)=NC1. The van der Waals surface area contributed by atoms with Gasteiger partial charge in [0.1, 0.15) is 0 Å². The molecule has 0 bridgehead atoms. The van der Waals surface area contributed by atoms with Crippen LogP contribution in [0.1, 0.15) is 25.3 Å². The molecule has 0 aliphatic carbocycles. The molecule has 0 radical (unpaired) electrons. The highest BCUT2D eigenvalue weighted by Gasteiger charge is 2.17. The summed E-state index contributed by atoms with van der Waals surface area (Å²) in [4.78, 5) is 4.25. The Kier molecular flexibility index (Phi) is 2.99. The van der Waals surface area contributed by atoms with E-state index in [0.717, 1.165) is 18.6 Å². The molecule has 1 aliphatic rings. The van der Waals surface area contributed by atoms with Crippen molar-refractivity contribution in [1.29, 1.82) is 0 Å². The van der Waals surface area contributed by atoms with E-state index in [1.54, 1.807) is 0 Å². The van der Waals surface area contributed by atoms with Gasteiger partial charge in [0, 0.05) is 17.8 Å². The van der Waals surface area contributed by atoms with Crippen LogP contribution < -0.4 is 0 Å². The van der Waals surface area contributed by atoms with Gasteiger partial charge >= 0.3 is 0 Å². The van der Waals surface area contributed by atoms with Gasteiger partial charge in [-0.1, -0.05) is 6.92 Å². The minimum atomic E-state index is -1.42. The molecule has 0 saturated heterocycles. The second kappa shape index (κ2) is 4.28. The normalized spacial score (nSPS) is 20.8. The van der Waals surface area contributed by atoms with E-state index >= 15 is 0 Å². The van der Waals surface area contributed by atoms with Gasteiger partial charge in [0.2, 0.25) is 0 Å². The summed E-state index contributed by atoms with van der Waals surface area (Å²) >= 11 is 0. The number of hydrogen-bond acceptors (Lipinski definition) is 1. The van der Waals surface area contributed by atoms with Crippen LogP contribution in [0, 0.1) is 23.4 Å². The third-order valence-corrected chi connectivity index (χ3v) is 2.78. The first-order chi connectivity index (χ1) is 7.58. The van der Waals surface area contributed by atoms with E-state index in [1.165, 1.54) is 0 Å². The van der Waals surface area contributed by atoms with Gasteiger partial charge in [0.05, 0.1) is 0 Å². The minimum Gasteiger partial charge on any atom is -0.289 e. The van der Waals surface area contributed by atoms with Crippen LogP contribution in [0.15, 0.2) is 17.1 Å². The van der Waals surface area contributed by atoms with Crippen molar-refractivity contribution in [2.75, 3.05) is 6.54 Å². The van der Waals surface area contributed by atoms with E-state index in [9.17, 15) is 13.2 Å². The topological polar surface area (TPSA) is 12.4 Å². The van der Waals surface area contributed by atoms with Crippen LogP contribution >= 0.6 is 0 Å². The van der Waals surface area contributed by atoms with Crippen LogP contribution in [0.2, 0.25) is 0 Å². The minimum absolute atomic E-state index is 0.350. The highest BCUT2D eigenvalue weighted by atomic mass is 19.2. The summed E-state index contributed by atoms with van der Waals surface area (Å²) in [6, 6.07) is 2.01. The van der Waals surface area contributed by atoms with Gasteiger partial charge in [-0.05, 0) is 30.9 Å². The van der Waals surface area contributed by atoms with Crippen molar-refractivity contribution in [3.8, 4) is 0 Å². The molecule has 16 heavy (non-hydrogen) atoms. The molecule has 1 aromatic carbocycles. The predicted octanol–water partition coefficient (Wildman–Crippen LogP) is 3.32. The lowest BCUT2D eigenvalue weighted by molar-refractivity contribution is 0.446. The molecule has 2 rings (SSSR count). The molecule has 0 spiro atoms. The van der Waals surface area contributed by atoms with Gasteiger partial charge < -0.3 is 0 Å². The van der Waals surface area contributed by atoms with Crippen molar-refractivity contribution in [1.82, 2.24) is 0 Å². The Balaban J connectivity index is 2.35. The van der Waals surface area contributed by atoms with Gasteiger partial charge in [0.15, 0.2) is 17.5 Å². The second-order valence-corrected chi connectivity index (χ2v) is 4.19. The number of rotatable bonds is 1. The fourth-order valence-corrected chi connectivity index (χ4v) is 1.78. The molecular formula is C12H12F3N. The Hall–Kier alpha value is -1.32. The zero-order valence-corrected chi connectivity index (χ0v) is 8.93. The third-order valence-electron chi connectivity index (χ3n) is 2.78. The number of hydrogen-bond donors (Lipinski definition) is 0. The quantitative estimate of drug-likeness (QED) is 0.652. The summed E-state index contributed by atoms with van der Waals surface area (Å²) in [5.41, 5.74) is 1.01. The Morgan fingerprint density at radius 2 is 1.81 bits per heavy atom. The average molecular weight is 227 g/mol. The first-order valence-electron chi connectivity index (χ1n) is 5.26. The van der Waals surface area contributed by atoms with Crippen LogP contribution in [0.5, 0.6) is 0 Å². The van der Waals surface area contributed by atoms with Crippen molar-refractivity contribution in [3.63, 3.8) is 0 Å². The van der Waals surface area contributed by atoms with Crippen molar-refractivity contribution in [2.24, 2.45) is 10.9 Å². The number of aliphatic imine (C=N–C) groups is 1. The van der Waals surface area contributed by atoms with Crippen LogP contribution in [0.25, 0.3) is 0 Å². The zero-order valence-electron chi connectivity index (χ0n) is 8.93. The Morgan fingerprint density at radius 1 is 1.19 bits per heavy atom. The number of halogens is 3. The average Bonchev–Trinajstić information content (AvgIpc) is 2.26. The molecule has 1 nitrogen and oxygen atoms in total. The molecule has 1 aliphatic heterocycles. The third kappa shape index (κ3) is 2.10. The van der Waals surface area contributed by atoms with Crippen molar-refractivity contribution in [3.05, 3.63) is 35.1 Å². The Bertz CT molecular complexity index is 417. The summed E-state index contributed by atoms with van der Waals surface area (Å²) in [5.74, 6) is -3.24. The van der Waals surface area contributed by atoms with Gasteiger partial charge in [-0.25, -0.2) is 13.2 Å². The van der Waals surface area contributed by atoms with Gasteiger partial charge in [-0.15, -0.1) is 0 Å². The van der Waals surface area contributed by atoms with Crippen molar-refractivity contribution >= 4 is 5.71 Å². The standard InChI is InChI=1S/C12H12F3N/c1-7-2-3-11(16-6-7)8-4-9(13)12(15)10(14)5-8/h4-5,7H,2-3,6H2,1H3. The molecule has 1 unspecified atom stereocenters. The van der Waals surface area contributed by atoms with Crippen LogP contribution in [-0.2, 0) is 0 Å². The first kappa shape index (κ1) is 11.2.